The van der Waals surface area contributed by atoms with Crippen molar-refractivity contribution in [2.45, 2.75) is 25.8 Å². The monoisotopic (exact) mass is 286 g/mol. The maximum absolute atomic E-state index is 13.4. The van der Waals surface area contributed by atoms with E-state index in [1.165, 1.54) is 0 Å². The minimum absolute atomic E-state index is 0.253. The lowest BCUT2D eigenvalue weighted by Gasteiger charge is -2.07. The van der Waals surface area contributed by atoms with Gasteiger partial charge in [-0.05, 0) is 31.4 Å². The smallest absolute Gasteiger partial charge is 0.251 e. The van der Waals surface area contributed by atoms with Crippen LogP contribution in [0.5, 0.6) is 0 Å². The summed E-state index contributed by atoms with van der Waals surface area (Å²) in [6.45, 7) is 1.94. The van der Waals surface area contributed by atoms with Gasteiger partial charge < -0.3 is 4.57 Å². The summed E-state index contributed by atoms with van der Waals surface area (Å²) in [4.78, 5) is 12.3. The molecule has 6 heteroatoms. The summed E-state index contributed by atoms with van der Waals surface area (Å²) >= 11 is 0. The molecule has 0 atom stereocenters. The SMILES string of the molecule is Cc1cncc(-c2nc3cc(F)c(F)nc3n2C2CC2)c1. The van der Waals surface area contributed by atoms with Crippen molar-refractivity contribution < 1.29 is 8.78 Å². The van der Waals surface area contributed by atoms with Gasteiger partial charge in [-0.1, -0.05) is 0 Å². The number of hydrogen-bond acceptors (Lipinski definition) is 3. The van der Waals surface area contributed by atoms with Gasteiger partial charge in [0.2, 0.25) is 0 Å². The quantitative estimate of drug-likeness (QED) is 0.678. The molecule has 1 aliphatic carbocycles. The lowest BCUT2D eigenvalue weighted by molar-refractivity contribution is 0.482. The van der Waals surface area contributed by atoms with Gasteiger partial charge in [0.1, 0.15) is 11.3 Å². The van der Waals surface area contributed by atoms with Gasteiger partial charge >= 0.3 is 0 Å². The number of halogens is 2. The fraction of sp³-hybridized carbons (Fsp3) is 0.267. The van der Waals surface area contributed by atoms with Crippen molar-refractivity contribution in [1.82, 2.24) is 19.5 Å². The van der Waals surface area contributed by atoms with Crippen LogP contribution in [0.25, 0.3) is 22.6 Å². The average molecular weight is 286 g/mol. The highest BCUT2D eigenvalue weighted by Gasteiger charge is 2.30. The van der Waals surface area contributed by atoms with Gasteiger partial charge in [0.25, 0.3) is 5.95 Å². The zero-order chi connectivity index (χ0) is 14.6. The minimum Gasteiger partial charge on any atom is -0.305 e. The molecule has 1 fully saturated rings. The molecule has 0 saturated heterocycles. The van der Waals surface area contributed by atoms with E-state index in [1.807, 2.05) is 17.6 Å². The number of pyridine rings is 2. The van der Waals surface area contributed by atoms with Crippen LogP contribution < -0.4 is 0 Å². The summed E-state index contributed by atoms with van der Waals surface area (Å²) in [5, 5.41) is 0. The molecule has 1 saturated carbocycles. The van der Waals surface area contributed by atoms with Crippen LogP contribution in [-0.4, -0.2) is 19.5 Å². The molecule has 0 aromatic carbocycles. The topological polar surface area (TPSA) is 43.6 Å². The van der Waals surface area contributed by atoms with Crippen LogP contribution in [0.15, 0.2) is 24.5 Å². The first kappa shape index (κ1) is 12.4. The van der Waals surface area contributed by atoms with E-state index in [0.29, 0.717) is 17.0 Å². The molecule has 0 amide bonds. The van der Waals surface area contributed by atoms with Crippen molar-refractivity contribution in [2.75, 3.05) is 0 Å². The Labute approximate surface area is 119 Å². The molecule has 0 radical (unpaired) electrons. The minimum atomic E-state index is -1.08. The van der Waals surface area contributed by atoms with Crippen LogP contribution in [0.3, 0.4) is 0 Å². The van der Waals surface area contributed by atoms with Crippen LogP contribution in [-0.2, 0) is 0 Å². The lowest BCUT2D eigenvalue weighted by atomic mass is 10.2. The van der Waals surface area contributed by atoms with Gasteiger partial charge in [-0.2, -0.15) is 9.37 Å². The Morgan fingerprint density at radius 3 is 2.67 bits per heavy atom. The zero-order valence-electron chi connectivity index (χ0n) is 11.3. The van der Waals surface area contributed by atoms with Crippen LogP contribution in [0, 0.1) is 18.7 Å². The molecule has 4 rings (SSSR count). The number of rotatable bonds is 2. The van der Waals surface area contributed by atoms with E-state index in [-0.39, 0.29) is 6.04 Å². The number of nitrogens with zero attached hydrogens (tertiary/aromatic N) is 4. The lowest BCUT2D eigenvalue weighted by Crippen LogP contribution is -2.00. The Hall–Kier alpha value is -2.37. The average Bonchev–Trinajstić information content (AvgIpc) is 3.22. The standard InChI is InChI=1S/C15H12F2N4/c1-8-4-9(7-18-6-8)14-19-12-5-11(16)13(17)20-15(12)21(14)10-2-3-10/h4-7,10H,2-3H2,1H3. The molecular weight excluding hydrogens is 274 g/mol. The molecule has 0 N–H and O–H groups in total. The number of imidazole rings is 1. The predicted molar refractivity (Wildman–Crippen MR) is 73.7 cm³/mol. The first-order chi connectivity index (χ1) is 10.1. The number of aromatic nitrogens is 4. The van der Waals surface area contributed by atoms with Crippen molar-refractivity contribution in [3.05, 3.63) is 41.9 Å². The molecule has 0 unspecified atom stereocenters. The second-order valence-corrected chi connectivity index (χ2v) is 5.39. The zero-order valence-corrected chi connectivity index (χ0v) is 11.3. The first-order valence-corrected chi connectivity index (χ1v) is 6.79. The van der Waals surface area contributed by atoms with Gasteiger partial charge in [0.05, 0.1) is 0 Å². The van der Waals surface area contributed by atoms with E-state index in [4.69, 9.17) is 0 Å². The number of fused-ring (bicyclic) bond motifs is 1. The third-order valence-electron chi connectivity index (χ3n) is 3.62. The molecule has 4 nitrogen and oxygen atoms in total. The van der Waals surface area contributed by atoms with Gasteiger partial charge in [-0.15, -0.1) is 0 Å². The largest absolute Gasteiger partial charge is 0.305 e. The molecule has 106 valence electrons. The summed E-state index contributed by atoms with van der Waals surface area (Å²) in [6, 6.07) is 3.31. The number of hydrogen-bond donors (Lipinski definition) is 0. The van der Waals surface area contributed by atoms with Crippen molar-refractivity contribution >= 4 is 11.2 Å². The van der Waals surface area contributed by atoms with E-state index in [9.17, 15) is 8.78 Å². The van der Waals surface area contributed by atoms with Crippen molar-refractivity contribution in [2.24, 2.45) is 0 Å². The maximum Gasteiger partial charge on any atom is 0.251 e. The third-order valence-corrected chi connectivity index (χ3v) is 3.62. The Bertz CT molecular complexity index is 852. The van der Waals surface area contributed by atoms with E-state index in [0.717, 1.165) is 30.0 Å². The van der Waals surface area contributed by atoms with Gasteiger partial charge in [0.15, 0.2) is 11.5 Å². The molecule has 3 aromatic rings. The van der Waals surface area contributed by atoms with Gasteiger partial charge in [-0.3, -0.25) is 4.98 Å². The van der Waals surface area contributed by atoms with Crippen molar-refractivity contribution in [1.29, 1.82) is 0 Å². The molecule has 3 aromatic heterocycles. The Balaban J connectivity index is 2.02. The second-order valence-electron chi connectivity index (χ2n) is 5.39. The summed E-state index contributed by atoms with van der Waals surface area (Å²) in [5.41, 5.74) is 2.61. The molecular formula is C15H12F2N4. The van der Waals surface area contributed by atoms with E-state index >= 15 is 0 Å². The van der Waals surface area contributed by atoms with Crippen LogP contribution in [0.4, 0.5) is 8.78 Å². The fourth-order valence-corrected chi connectivity index (χ4v) is 2.54. The van der Waals surface area contributed by atoms with Crippen LogP contribution >= 0.6 is 0 Å². The predicted octanol–water partition coefficient (Wildman–Crippen LogP) is 3.41. The summed E-state index contributed by atoms with van der Waals surface area (Å²) in [7, 11) is 0. The Morgan fingerprint density at radius 1 is 1.14 bits per heavy atom. The van der Waals surface area contributed by atoms with E-state index in [2.05, 4.69) is 15.0 Å². The van der Waals surface area contributed by atoms with Crippen molar-refractivity contribution in [3.8, 4) is 11.4 Å². The molecule has 0 spiro atoms. The Morgan fingerprint density at radius 2 is 1.95 bits per heavy atom. The number of aryl methyl sites for hydroxylation is 1. The Kier molecular flexibility index (Phi) is 2.54. The third kappa shape index (κ3) is 1.98. The molecule has 1 aliphatic rings. The molecule has 0 aliphatic heterocycles. The first-order valence-electron chi connectivity index (χ1n) is 6.79. The van der Waals surface area contributed by atoms with Crippen molar-refractivity contribution in [3.63, 3.8) is 0 Å². The summed E-state index contributed by atoms with van der Waals surface area (Å²) in [5.74, 6) is -1.39. The molecule has 21 heavy (non-hydrogen) atoms. The van der Waals surface area contributed by atoms with Gasteiger partial charge in [0, 0.05) is 30.1 Å². The highest BCUT2D eigenvalue weighted by Crippen LogP contribution is 2.40. The fourth-order valence-electron chi connectivity index (χ4n) is 2.54. The summed E-state index contributed by atoms with van der Waals surface area (Å²) < 4.78 is 28.7. The van der Waals surface area contributed by atoms with Gasteiger partial charge in [-0.25, -0.2) is 9.37 Å². The maximum atomic E-state index is 13.4. The second kappa shape index (κ2) is 4.31. The highest BCUT2D eigenvalue weighted by molar-refractivity contribution is 5.77. The van der Waals surface area contributed by atoms with E-state index < -0.39 is 11.8 Å². The molecule has 3 heterocycles. The highest BCUT2D eigenvalue weighted by atomic mass is 19.2. The van der Waals surface area contributed by atoms with Crippen LogP contribution in [0.2, 0.25) is 0 Å². The molecule has 0 bridgehead atoms. The summed E-state index contributed by atoms with van der Waals surface area (Å²) in [6.07, 6.45) is 5.46. The normalized spacial score (nSPS) is 14.8. The van der Waals surface area contributed by atoms with Crippen LogP contribution in [0.1, 0.15) is 24.4 Å². The van der Waals surface area contributed by atoms with E-state index in [1.54, 1.807) is 12.4 Å².